The van der Waals surface area contributed by atoms with Crippen LogP contribution in [0.5, 0.6) is 6.01 Å². The van der Waals surface area contributed by atoms with Crippen molar-refractivity contribution < 1.29 is 4.74 Å². The van der Waals surface area contributed by atoms with Crippen molar-refractivity contribution in [3.63, 3.8) is 0 Å². The van der Waals surface area contributed by atoms with Gasteiger partial charge in [0.05, 0.1) is 7.11 Å². The SMILES string of the molecule is COc1nc(N)nc(NC2C3C4CCC(C4)C23)n1. The summed E-state index contributed by atoms with van der Waals surface area (Å²) in [5, 5.41) is 3.41. The van der Waals surface area contributed by atoms with Crippen molar-refractivity contribution in [1.82, 2.24) is 15.0 Å². The summed E-state index contributed by atoms with van der Waals surface area (Å²) < 4.78 is 5.00. The Hall–Kier alpha value is -1.59. The van der Waals surface area contributed by atoms with Crippen LogP contribution < -0.4 is 15.8 Å². The van der Waals surface area contributed by atoms with Crippen molar-refractivity contribution in [3.05, 3.63) is 0 Å². The summed E-state index contributed by atoms with van der Waals surface area (Å²) in [6.45, 7) is 0. The number of nitrogens with two attached hydrogens (primary N) is 1. The molecule has 4 rings (SSSR count). The van der Waals surface area contributed by atoms with Gasteiger partial charge in [0.1, 0.15) is 0 Å². The van der Waals surface area contributed by atoms with E-state index in [0.29, 0.717) is 12.0 Å². The summed E-state index contributed by atoms with van der Waals surface area (Å²) in [6.07, 6.45) is 4.26. The van der Waals surface area contributed by atoms with Gasteiger partial charge in [-0.25, -0.2) is 0 Å². The van der Waals surface area contributed by atoms with E-state index in [1.807, 2.05) is 0 Å². The van der Waals surface area contributed by atoms with E-state index in [4.69, 9.17) is 10.5 Å². The molecule has 3 N–H and O–H groups in total. The van der Waals surface area contributed by atoms with E-state index in [0.717, 1.165) is 23.7 Å². The van der Waals surface area contributed by atoms with Crippen LogP contribution in [0.1, 0.15) is 19.3 Å². The molecule has 1 aromatic rings. The lowest BCUT2D eigenvalue weighted by Gasteiger charge is -2.10. The first-order valence-corrected chi connectivity index (χ1v) is 6.58. The minimum absolute atomic E-state index is 0.207. The topological polar surface area (TPSA) is 86.0 Å². The normalized spacial score (nSPS) is 39.5. The molecule has 6 heteroatoms. The highest BCUT2D eigenvalue weighted by Crippen LogP contribution is 2.66. The predicted octanol–water partition coefficient (Wildman–Crippen LogP) is 0.919. The largest absolute Gasteiger partial charge is 0.467 e. The Bertz CT molecular complexity index is 477. The molecule has 3 aliphatic rings. The third-order valence-corrected chi connectivity index (χ3v) is 4.85. The second-order valence-corrected chi connectivity index (χ2v) is 5.66. The second kappa shape index (κ2) is 3.46. The van der Waals surface area contributed by atoms with E-state index in [1.54, 1.807) is 0 Å². The summed E-state index contributed by atoms with van der Waals surface area (Å²) in [6, 6.07) is 0.821. The fraction of sp³-hybridized carbons (Fsp3) is 0.750. The van der Waals surface area contributed by atoms with Crippen LogP contribution in [0.15, 0.2) is 0 Å². The van der Waals surface area contributed by atoms with Gasteiger partial charge in [0.15, 0.2) is 0 Å². The maximum atomic E-state index is 5.63. The minimum Gasteiger partial charge on any atom is -0.467 e. The van der Waals surface area contributed by atoms with Gasteiger partial charge in [0, 0.05) is 6.04 Å². The molecule has 3 saturated carbocycles. The van der Waals surface area contributed by atoms with E-state index in [1.165, 1.54) is 26.4 Å². The van der Waals surface area contributed by atoms with Gasteiger partial charge < -0.3 is 15.8 Å². The maximum absolute atomic E-state index is 5.63. The van der Waals surface area contributed by atoms with Crippen molar-refractivity contribution in [2.45, 2.75) is 25.3 Å². The van der Waals surface area contributed by atoms with E-state index in [9.17, 15) is 0 Å². The van der Waals surface area contributed by atoms with Gasteiger partial charge in [0.25, 0.3) is 0 Å². The van der Waals surface area contributed by atoms with E-state index >= 15 is 0 Å². The highest BCUT2D eigenvalue weighted by molar-refractivity contribution is 5.38. The number of hydrogen-bond acceptors (Lipinski definition) is 6. The molecule has 0 saturated heterocycles. The number of nitrogens with zero attached hydrogens (tertiary/aromatic N) is 3. The van der Waals surface area contributed by atoms with Crippen molar-refractivity contribution in [2.24, 2.45) is 23.7 Å². The molecule has 0 amide bonds. The van der Waals surface area contributed by atoms with Gasteiger partial charge in [-0.3, -0.25) is 0 Å². The Balaban J connectivity index is 1.51. The molecule has 96 valence electrons. The summed E-state index contributed by atoms with van der Waals surface area (Å²) in [5.41, 5.74) is 5.63. The first-order valence-electron chi connectivity index (χ1n) is 6.58. The number of rotatable bonds is 3. The van der Waals surface area contributed by atoms with Crippen LogP contribution in [0, 0.1) is 23.7 Å². The van der Waals surface area contributed by atoms with Crippen molar-refractivity contribution in [3.8, 4) is 6.01 Å². The van der Waals surface area contributed by atoms with Gasteiger partial charge in [-0.15, -0.1) is 0 Å². The lowest BCUT2D eigenvalue weighted by atomic mass is 10.0. The summed E-state index contributed by atoms with van der Waals surface area (Å²) >= 11 is 0. The monoisotopic (exact) mass is 247 g/mol. The smallest absolute Gasteiger partial charge is 0.322 e. The zero-order valence-electron chi connectivity index (χ0n) is 10.3. The van der Waals surface area contributed by atoms with Gasteiger partial charge >= 0.3 is 6.01 Å². The van der Waals surface area contributed by atoms with Crippen LogP contribution >= 0.6 is 0 Å². The number of ether oxygens (including phenoxy) is 1. The Labute approximate surface area is 105 Å². The molecule has 0 aliphatic heterocycles. The van der Waals surface area contributed by atoms with Crippen molar-refractivity contribution >= 4 is 11.9 Å². The average molecular weight is 247 g/mol. The van der Waals surface area contributed by atoms with Gasteiger partial charge in [0.2, 0.25) is 11.9 Å². The summed E-state index contributed by atoms with van der Waals surface area (Å²) in [4.78, 5) is 12.2. The first-order chi connectivity index (χ1) is 8.76. The van der Waals surface area contributed by atoms with Gasteiger partial charge in [-0.05, 0) is 42.9 Å². The lowest BCUT2D eigenvalue weighted by molar-refractivity contribution is 0.379. The highest BCUT2D eigenvalue weighted by atomic mass is 16.5. The number of nitrogen functional groups attached to an aromatic ring is 1. The van der Waals surface area contributed by atoms with Crippen LogP contribution in [-0.2, 0) is 0 Å². The number of anilines is 2. The minimum atomic E-state index is 0.207. The molecule has 18 heavy (non-hydrogen) atoms. The quantitative estimate of drug-likeness (QED) is 0.826. The maximum Gasteiger partial charge on any atom is 0.322 e. The molecule has 2 bridgehead atoms. The van der Waals surface area contributed by atoms with E-state index < -0.39 is 0 Å². The van der Waals surface area contributed by atoms with Crippen LogP contribution in [-0.4, -0.2) is 28.1 Å². The molecular weight excluding hydrogens is 230 g/mol. The van der Waals surface area contributed by atoms with Crippen LogP contribution in [0.4, 0.5) is 11.9 Å². The summed E-state index contributed by atoms with van der Waals surface area (Å²) in [7, 11) is 1.53. The van der Waals surface area contributed by atoms with Crippen LogP contribution in [0.2, 0.25) is 0 Å². The zero-order chi connectivity index (χ0) is 12.3. The third-order valence-electron chi connectivity index (χ3n) is 4.85. The number of nitrogens with one attached hydrogen (secondary N) is 1. The van der Waals surface area contributed by atoms with E-state index in [2.05, 4.69) is 20.3 Å². The first kappa shape index (κ1) is 10.3. The zero-order valence-corrected chi connectivity index (χ0v) is 10.3. The Morgan fingerprint density at radius 1 is 1.17 bits per heavy atom. The van der Waals surface area contributed by atoms with Crippen molar-refractivity contribution in [1.29, 1.82) is 0 Å². The van der Waals surface area contributed by atoms with Crippen LogP contribution in [0.3, 0.4) is 0 Å². The standard InChI is InChI=1S/C12H17N5O/c1-18-12-16-10(13)15-11(17-12)14-9-7-5-2-3-6(4-5)8(7)9/h5-9H,2-4H2,1H3,(H3,13,14,15,16,17). The molecule has 4 unspecified atom stereocenters. The number of methoxy groups -OCH3 is 1. The Morgan fingerprint density at radius 3 is 2.56 bits per heavy atom. The fourth-order valence-electron chi connectivity index (χ4n) is 4.20. The van der Waals surface area contributed by atoms with Crippen LogP contribution in [0.25, 0.3) is 0 Å². The molecule has 0 spiro atoms. The fourth-order valence-corrected chi connectivity index (χ4v) is 4.20. The molecule has 6 nitrogen and oxygen atoms in total. The number of fused-ring (bicyclic) bond motifs is 5. The Kier molecular flexibility index (Phi) is 1.99. The van der Waals surface area contributed by atoms with E-state index in [-0.39, 0.29) is 12.0 Å². The van der Waals surface area contributed by atoms with Crippen molar-refractivity contribution in [2.75, 3.05) is 18.2 Å². The second-order valence-electron chi connectivity index (χ2n) is 5.66. The van der Waals surface area contributed by atoms with Gasteiger partial charge in [-0.2, -0.15) is 15.0 Å². The average Bonchev–Trinajstić information content (AvgIpc) is 2.76. The molecule has 1 aromatic heterocycles. The molecule has 0 aromatic carbocycles. The molecule has 4 atom stereocenters. The molecule has 0 radical (unpaired) electrons. The Morgan fingerprint density at radius 2 is 1.89 bits per heavy atom. The predicted molar refractivity (Wildman–Crippen MR) is 66.0 cm³/mol. The molecule has 1 heterocycles. The summed E-state index contributed by atoms with van der Waals surface area (Å²) in [5.74, 6) is 4.30. The molecular formula is C12H17N5O. The highest BCUT2D eigenvalue weighted by Gasteiger charge is 2.65. The number of aromatic nitrogens is 3. The lowest BCUT2D eigenvalue weighted by Crippen LogP contribution is -2.16. The third kappa shape index (κ3) is 1.38. The molecule has 3 aliphatic carbocycles. The van der Waals surface area contributed by atoms with Gasteiger partial charge in [-0.1, -0.05) is 0 Å². The number of hydrogen-bond donors (Lipinski definition) is 2. The molecule has 3 fully saturated rings.